The van der Waals surface area contributed by atoms with Gasteiger partial charge in [-0.25, -0.2) is 9.97 Å². The molecule has 3 aromatic rings. The van der Waals surface area contributed by atoms with Crippen LogP contribution < -0.4 is 9.47 Å². The van der Waals surface area contributed by atoms with E-state index in [0.29, 0.717) is 36.1 Å². The number of allylic oxidation sites excluding steroid dienone is 1. The second kappa shape index (κ2) is 7.19. The van der Waals surface area contributed by atoms with Crippen molar-refractivity contribution in [3.05, 3.63) is 78.1 Å². The Balaban J connectivity index is 1.48. The highest BCUT2D eigenvalue weighted by atomic mass is 16.6. The average molecular weight is 344 g/mol. The number of hydrogen-bond donors (Lipinski definition) is 0. The van der Waals surface area contributed by atoms with Crippen LogP contribution in [0.3, 0.4) is 0 Å². The molecule has 0 aliphatic carbocycles. The van der Waals surface area contributed by atoms with Crippen molar-refractivity contribution in [3.63, 3.8) is 0 Å². The summed E-state index contributed by atoms with van der Waals surface area (Å²) < 4.78 is 11.0. The highest BCUT2D eigenvalue weighted by molar-refractivity contribution is 6.07. The predicted molar refractivity (Wildman–Crippen MR) is 98.3 cm³/mol. The molecule has 0 radical (unpaired) electrons. The van der Waals surface area contributed by atoms with Gasteiger partial charge < -0.3 is 9.47 Å². The molecule has 0 unspecified atom stereocenters. The third-order valence-corrected chi connectivity index (χ3v) is 3.96. The number of aromatic nitrogens is 2. The minimum absolute atomic E-state index is 0.117. The summed E-state index contributed by atoms with van der Waals surface area (Å²) in [5.74, 6) is 1.81. The highest BCUT2D eigenvalue weighted by Crippen LogP contribution is 2.31. The number of ether oxygens (including phenoxy) is 2. The number of carbonyl (C=O) groups is 1. The van der Waals surface area contributed by atoms with Crippen molar-refractivity contribution in [2.75, 3.05) is 13.2 Å². The van der Waals surface area contributed by atoms with Crippen LogP contribution >= 0.6 is 0 Å². The first-order valence-electron chi connectivity index (χ1n) is 8.29. The lowest BCUT2D eigenvalue weighted by molar-refractivity contribution is 0.104. The summed E-state index contributed by atoms with van der Waals surface area (Å²) in [5, 5.41) is 0. The predicted octanol–water partition coefficient (Wildman–Crippen LogP) is 3.81. The zero-order chi connectivity index (χ0) is 17.8. The Kier molecular flexibility index (Phi) is 4.43. The third kappa shape index (κ3) is 3.47. The Bertz CT molecular complexity index is 951. The maximum Gasteiger partial charge on any atom is 0.185 e. The Morgan fingerprint density at radius 1 is 0.923 bits per heavy atom. The average Bonchev–Trinajstić information content (AvgIpc) is 2.72. The van der Waals surface area contributed by atoms with Crippen molar-refractivity contribution in [1.82, 2.24) is 9.97 Å². The molecule has 0 fully saturated rings. The van der Waals surface area contributed by atoms with Gasteiger partial charge in [-0.1, -0.05) is 30.3 Å². The topological polar surface area (TPSA) is 61.3 Å². The van der Waals surface area contributed by atoms with E-state index >= 15 is 0 Å². The van der Waals surface area contributed by atoms with Crippen molar-refractivity contribution in [1.29, 1.82) is 0 Å². The molecule has 1 aliphatic heterocycles. The van der Waals surface area contributed by atoms with Crippen LogP contribution in [0.25, 0.3) is 17.5 Å². The molecule has 5 nitrogen and oxygen atoms in total. The molecule has 0 spiro atoms. The molecule has 4 rings (SSSR count). The Hall–Kier alpha value is -3.47. The molecule has 0 atom stereocenters. The molecule has 1 aromatic heterocycles. The summed E-state index contributed by atoms with van der Waals surface area (Å²) in [5.41, 5.74) is 2.26. The highest BCUT2D eigenvalue weighted by Gasteiger charge is 2.13. The number of carbonyl (C=O) groups excluding carboxylic acids is 1. The molecule has 0 N–H and O–H groups in total. The van der Waals surface area contributed by atoms with Gasteiger partial charge in [-0.3, -0.25) is 4.79 Å². The first kappa shape index (κ1) is 16.0. The van der Waals surface area contributed by atoms with Crippen LogP contribution in [0.2, 0.25) is 0 Å². The van der Waals surface area contributed by atoms with Gasteiger partial charge >= 0.3 is 0 Å². The molecule has 0 saturated carbocycles. The Labute approximate surface area is 151 Å². The Morgan fingerprint density at radius 2 is 1.65 bits per heavy atom. The number of rotatable bonds is 4. The van der Waals surface area contributed by atoms with Crippen LogP contribution in [0.4, 0.5) is 0 Å². The Morgan fingerprint density at radius 3 is 2.42 bits per heavy atom. The summed E-state index contributed by atoms with van der Waals surface area (Å²) in [7, 11) is 0. The molecular formula is C21H16N2O3. The first-order chi connectivity index (χ1) is 12.8. The van der Waals surface area contributed by atoms with E-state index in [1.165, 1.54) is 6.08 Å². The molecule has 1 aliphatic rings. The first-order valence-corrected chi connectivity index (χ1v) is 8.29. The zero-order valence-corrected chi connectivity index (χ0v) is 14.0. The molecular weight excluding hydrogens is 328 g/mol. The molecule has 0 amide bonds. The SMILES string of the molecule is O=C(/C=C\c1cnc(-c2ccccc2)nc1)c1ccc2c(c1)OCCO2. The van der Waals surface area contributed by atoms with Crippen LogP contribution in [0.1, 0.15) is 15.9 Å². The molecule has 2 aromatic carbocycles. The molecule has 2 heterocycles. The van der Waals surface area contributed by atoms with E-state index in [1.807, 2.05) is 30.3 Å². The number of nitrogens with zero attached hydrogens (tertiary/aromatic N) is 2. The summed E-state index contributed by atoms with van der Waals surface area (Å²) in [4.78, 5) is 21.1. The fourth-order valence-corrected chi connectivity index (χ4v) is 2.63. The number of benzene rings is 2. The zero-order valence-electron chi connectivity index (χ0n) is 14.0. The number of hydrogen-bond acceptors (Lipinski definition) is 5. The van der Waals surface area contributed by atoms with E-state index in [1.54, 1.807) is 36.7 Å². The fourth-order valence-electron chi connectivity index (χ4n) is 2.63. The van der Waals surface area contributed by atoms with Gasteiger partial charge in [0.2, 0.25) is 0 Å². The molecule has 5 heteroatoms. The van der Waals surface area contributed by atoms with E-state index in [0.717, 1.165) is 11.1 Å². The van der Waals surface area contributed by atoms with E-state index in [-0.39, 0.29) is 5.78 Å². The monoisotopic (exact) mass is 344 g/mol. The lowest BCUT2D eigenvalue weighted by Gasteiger charge is -2.18. The van der Waals surface area contributed by atoms with Gasteiger partial charge in [-0.2, -0.15) is 0 Å². The lowest BCUT2D eigenvalue weighted by Crippen LogP contribution is -2.15. The van der Waals surface area contributed by atoms with Gasteiger partial charge in [0.25, 0.3) is 0 Å². The maximum absolute atomic E-state index is 12.4. The summed E-state index contributed by atoms with van der Waals surface area (Å²) in [6.07, 6.45) is 6.60. The summed E-state index contributed by atoms with van der Waals surface area (Å²) in [6.45, 7) is 1.02. The smallest absolute Gasteiger partial charge is 0.185 e. The summed E-state index contributed by atoms with van der Waals surface area (Å²) >= 11 is 0. The minimum atomic E-state index is -0.117. The van der Waals surface area contributed by atoms with Gasteiger partial charge in [0.15, 0.2) is 23.1 Å². The van der Waals surface area contributed by atoms with Crippen LogP contribution in [0.5, 0.6) is 11.5 Å². The number of ketones is 1. The number of fused-ring (bicyclic) bond motifs is 1. The van der Waals surface area contributed by atoms with Crippen molar-refractivity contribution < 1.29 is 14.3 Å². The van der Waals surface area contributed by atoms with E-state index in [9.17, 15) is 4.79 Å². The van der Waals surface area contributed by atoms with Gasteiger partial charge in [0.05, 0.1) is 0 Å². The summed E-state index contributed by atoms with van der Waals surface area (Å²) in [6, 6.07) is 14.9. The van der Waals surface area contributed by atoms with Crippen molar-refractivity contribution in [3.8, 4) is 22.9 Å². The second-order valence-electron chi connectivity index (χ2n) is 5.76. The molecule has 0 saturated heterocycles. The van der Waals surface area contributed by atoms with Crippen molar-refractivity contribution in [2.45, 2.75) is 0 Å². The normalized spacial score (nSPS) is 12.9. The standard InChI is InChI=1S/C21H16N2O3/c24-18(17-7-9-19-20(12-17)26-11-10-25-19)8-6-15-13-22-21(23-14-15)16-4-2-1-3-5-16/h1-9,12-14H,10-11H2/b8-6-. The van der Waals surface area contributed by atoms with E-state index in [4.69, 9.17) is 9.47 Å². The second-order valence-corrected chi connectivity index (χ2v) is 5.76. The van der Waals surface area contributed by atoms with Crippen LogP contribution in [-0.2, 0) is 0 Å². The van der Waals surface area contributed by atoms with Gasteiger partial charge in [-0.05, 0) is 30.4 Å². The maximum atomic E-state index is 12.4. The largest absolute Gasteiger partial charge is 0.486 e. The molecule has 26 heavy (non-hydrogen) atoms. The van der Waals surface area contributed by atoms with Crippen molar-refractivity contribution >= 4 is 11.9 Å². The fraction of sp³-hybridized carbons (Fsp3) is 0.0952. The quantitative estimate of drug-likeness (QED) is 0.532. The van der Waals surface area contributed by atoms with Crippen LogP contribution in [0, 0.1) is 0 Å². The van der Waals surface area contributed by atoms with E-state index < -0.39 is 0 Å². The van der Waals surface area contributed by atoms with Crippen LogP contribution in [-0.4, -0.2) is 29.0 Å². The van der Waals surface area contributed by atoms with Gasteiger partial charge in [0.1, 0.15) is 13.2 Å². The van der Waals surface area contributed by atoms with Gasteiger partial charge in [0, 0.05) is 29.1 Å². The van der Waals surface area contributed by atoms with Crippen LogP contribution in [0.15, 0.2) is 67.0 Å². The van der Waals surface area contributed by atoms with E-state index in [2.05, 4.69) is 9.97 Å². The third-order valence-electron chi connectivity index (χ3n) is 3.96. The molecule has 128 valence electrons. The minimum Gasteiger partial charge on any atom is -0.486 e. The molecule has 0 bridgehead atoms. The van der Waals surface area contributed by atoms with Gasteiger partial charge in [-0.15, -0.1) is 0 Å². The lowest BCUT2D eigenvalue weighted by atomic mass is 10.1. The van der Waals surface area contributed by atoms with Crippen molar-refractivity contribution in [2.24, 2.45) is 0 Å².